The standard InChI is InChI=1S/C9H16N4O/c1-7-5-8(13-12-7)6-9(14)11-4-2-3-10/h5H,2-4,6,10H2,1H3,(H,11,14)(H,12,13). The SMILES string of the molecule is Cc1cc(CC(=O)NCCCN)n[nH]1. The number of aromatic amines is 1. The smallest absolute Gasteiger partial charge is 0.226 e. The van der Waals surface area contributed by atoms with Crippen molar-refractivity contribution in [1.29, 1.82) is 0 Å². The number of carbonyl (C=O) groups excluding carboxylic acids is 1. The number of nitrogens with two attached hydrogens (primary N) is 1. The molecule has 1 aromatic heterocycles. The molecule has 0 unspecified atom stereocenters. The second-order valence-corrected chi connectivity index (χ2v) is 3.21. The third kappa shape index (κ3) is 3.57. The van der Waals surface area contributed by atoms with Gasteiger partial charge >= 0.3 is 0 Å². The maximum Gasteiger partial charge on any atom is 0.226 e. The first kappa shape index (κ1) is 10.7. The van der Waals surface area contributed by atoms with Gasteiger partial charge in [-0.05, 0) is 26.0 Å². The maximum atomic E-state index is 11.3. The summed E-state index contributed by atoms with van der Waals surface area (Å²) in [5, 5.41) is 9.53. The molecule has 0 aliphatic heterocycles. The topological polar surface area (TPSA) is 83.8 Å². The van der Waals surface area contributed by atoms with Crippen LogP contribution >= 0.6 is 0 Å². The van der Waals surface area contributed by atoms with Crippen LogP contribution in [0.5, 0.6) is 0 Å². The fourth-order valence-electron chi connectivity index (χ4n) is 1.12. The Morgan fingerprint density at radius 1 is 1.71 bits per heavy atom. The van der Waals surface area contributed by atoms with Gasteiger partial charge in [-0.25, -0.2) is 0 Å². The molecule has 0 bridgehead atoms. The highest BCUT2D eigenvalue weighted by Crippen LogP contribution is 1.98. The zero-order chi connectivity index (χ0) is 10.4. The Balaban J connectivity index is 2.27. The third-order valence-corrected chi connectivity index (χ3v) is 1.80. The number of hydrogen-bond acceptors (Lipinski definition) is 3. The molecule has 14 heavy (non-hydrogen) atoms. The van der Waals surface area contributed by atoms with E-state index in [1.54, 1.807) is 0 Å². The zero-order valence-corrected chi connectivity index (χ0v) is 8.34. The molecule has 0 saturated heterocycles. The lowest BCUT2D eigenvalue weighted by Crippen LogP contribution is -2.27. The lowest BCUT2D eigenvalue weighted by Gasteiger charge is -2.01. The summed E-state index contributed by atoms with van der Waals surface area (Å²) in [5.74, 6) is -0.00931. The van der Waals surface area contributed by atoms with Crippen LogP contribution in [0.15, 0.2) is 6.07 Å². The van der Waals surface area contributed by atoms with Crippen molar-refractivity contribution in [2.24, 2.45) is 5.73 Å². The van der Waals surface area contributed by atoms with Gasteiger partial charge in [0.05, 0.1) is 12.1 Å². The summed E-state index contributed by atoms with van der Waals surface area (Å²) in [7, 11) is 0. The first-order valence-corrected chi connectivity index (χ1v) is 4.70. The molecular weight excluding hydrogens is 180 g/mol. The molecule has 5 heteroatoms. The van der Waals surface area contributed by atoms with Crippen molar-refractivity contribution >= 4 is 5.91 Å². The van der Waals surface area contributed by atoms with Crippen LogP contribution in [0.2, 0.25) is 0 Å². The number of hydrogen-bond donors (Lipinski definition) is 3. The number of nitrogens with zero attached hydrogens (tertiary/aromatic N) is 1. The van der Waals surface area contributed by atoms with Gasteiger partial charge in [0.25, 0.3) is 0 Å². The largest absolute Gasteiger partial charge is 0.356 e. The average molecular weight is 196 g/mol. The van der Waals surface area contributed by atoms with Crippen LogP contribution in [0.25, 0.3) is 0 Å². The van der Waals surface area contributed by atoms with Crippen LogP contribution in [0.4, 0.5) is 0 Å². The maximum absolute atomic E-state index is 11.3. The van der Waals surface area contributed by atoms with Crippen molar-refractivity contribution in [2.45, 2.75) is 19.8 Å². The molecule has 0 radical (unpaired) electrons. The van der Waals surface area contributed by atoms with Crippen molar-refractivity contribution in [3.63, 3.8) is 0 Å². The summed E-state index contributed by atoms with van der Waals surface area (Å²) in [6.07, 6.45) is 1.14. The Morgan fingerprint density at radius 3 is 3.07 bits per heavy atom. The zero-order valence-electron chi connectivity index (χ0n) is 8.34. The van der Waals surface area contributed by atoms with Gasteiger partial charge in [-0.15, -0.1) is 0 Å². The van der Waals surface area contributed by atoms with Gasteiger partial charge in [-0.3, -0.25) is 9.89 Å². The molecule has 0 aliphatic rings. The van der Waals surface area contributed by atoms with E-state index in [-0.39, 0.29) is 5.91 Å². The van der Waals surface area contributed by atoms with Crippen LogP contribution in [0.3, 0.4) is 0 Å². The van der Waals surface area contributed by atoms with Crippen LogP contribution in [-0.4, -0.2) is 29.2 Å². The first-order valence-electron chi connectivity index (χ1n) is 4.70. The van der Waals surface area contributed by atoms with Crippen molar-refractivity contribution in [1.82, 2.24) is 15.5 Å². The Morgan fingerprint density at radius 2 is 2.50 bits per heavy atom. The summed E-state index contributed by atoms with van der Waals surface area (Å²) in [6, 6.07) is 1.86. The normalized spacial score (nSPS) is 10.1. The van der Waals surface area contributed by atoms with E-state index in [2.05, 4.69) is 15.5 Å². The van der Waals surface area contributed by atoms with Gasteiger partial charge in [0.1, 0.15) is 0 Å². The van der Waals surface area contributed by atoms with E-state index in [4.69, 9.17) is 5.73 Å². The van der Waals surface area contributed by atoms with E-state index < -0.39 is 0 Å². The van der Waals surface area contributed by atoms with Gasteiger partial charge in [0.15, 0.2) is 0 Å². The quantitative estimate of drug-likeness (QED) is 0.567. The fourth-order valence-corrected chi connectivity index (χ4v) is 1.12. The summed E-state index contributed by atoms with van der Waals surface area (Å²) < 4.78 is 0. The van der Waals surface area contributed by atoms with Gasteiger partial charge in [-0.1, -0.05) is 0 Å². The number of aromatic nitrogens is 2. The summed E-state index contributed by atoms with van der Waals surface area (Å²) >= 11 is 0. The Labute approximate surface area is 83.1 Å². The van der Waals surface area contributed by atoms with E-state index in [1.807, 2.05) is 13.0 Å². The van der Waals surface area contributed by atoms with Crippen LogP contribution in [-0.2, 0) is 11.2 Å². The van der Waals surface area contributed by atoms with E-state index in [0.717, 1.165) is 17.8 Å². The number of aryl methyl sites for hydroxylation is 1. The van der Waals surface area contributed by atoms with Crippen molar-refractivity contribution in [3.05, 3.63) is 17.5 Å². The molecule has 0 fully saturated rings. The first-order chi connectivity index (χ1) is 6.72. The second-order valence-electron chi connectivity index (χ2n) is 3.21. The minimum Gasteiger partial charge on any atom is -0.356 e. The molecule has 0 atom stereocenters. The minimum absolute atomic E-state index is 0.00931. The highest BCUT2D eigenvalue weighted by atomic mass is 16.1. The monoisotopic (exact) mass is 196 g/mol. The lowest BCUT2D eigenvalue weighted by molar-refractivity contribution is -0.120. The highest BCUT2D eigenvalue weighted by molar-refractivity contribution is 5.78. The van der Waals surface area contributed by atoms with Gasteiger partial charge in [0, 0.05) is 12.2 Å². The predicted molar refractivity (Wildman–Crippen MR) is 53.7 cm³/mol. The molecule has 1 aromatic rings. The molecule has 4 N–H and O–H groups in total. The van der Waals surface area contributed by atoms with Crippen LogP contribution < -0.4 is 11.1 Å². The molecule has 0 aromatic carbocycles. The van der Waals surface area contributed by atoms with Crippen molar-refractivity contribution in [2.75, 3.05) is 13.1 Å². The molecule has 1 heterocycles. The van der Waals surface area contributed by atoms with Gasteiger partial charge in [-0.2, -0.15) is 5.10 Å². The van der Waals surface area contributed by atoms with Crippen LogP contribution in [0, 0.1) is 6.92 Å². The van der Waals surface area contributed by atoms with Crippen molar-refractivity contribution < 1.29 is 4.79 Å². The van der Waals surface area contributed by atoms with E-state index in [1.165, 1.54) is 0 Å². The van der Waals surface area contributed by atoms with Crippen LogP contribution in [0.1, 0.15) is 17.8 Å². The van der Waals surface area contributed by atoms with E-state index in [0.29, 0.717) is 19.5 Å². The number of carbonyl (C=O) groups is 1. The molecule has 0 spiro atoms. The molecule has 1 amide bonds. The Bertz CT molecular complexity index is 295. The number of H-pyrrole nitrogens is 1. The third-order valence-electron chi connectivity index (χ3n) is 1.80. The van der Waals surface area contributed by atoms with Gasteiger partial charge in [0.2, 0.25) is 5.91 Å². The lowest BCUT2D eigenvalue weighted by atomic mass is 10.3. The molecule has 78 valence electrons. The summed E-state index contributed by atoms with van der Waals surface area (Å²) in [5.41, 5.74) is 7.04. The molecule has 0 aliphatic carbocycles. The van der Waals surface area contributed by atoms with Gasteiger partial charge < -0.3 is 11.1 Å². The molecule has 0 saturated carbocycles. The summed E-state index contributed by atoms with van der Waals surface area (Å²) in [6.45, 7) is 3.14. The predicted octanol–water partition coefficient (Wildman–Crippen LogP) is -0.274. The molecule has 5 nitrogen and oxygen atoms in total. The fraction of sp³-hybridized carbons (Fsp3) is 0.556. The number of amides is 1. The van der Waals surface area contributed by atoms with Crippen molar-refractivity contribution in [3.8, 4) is 0 Å². The minimum atomic E-state index is -0.00931. The average Bonchev–Trinajstić information content (AvgIpc) is 2.52. The Kier molecular flexibility index (Phi) is 4.12. The number of nitrogens with one attached hydrogen (secondary N) is 2. The Hall–Kier alpha value is -1.36. The molecular formula is C9H16N4O. The molecule has 1 rings (SSSR count). The highest BCUT2D eigenvalue weighted by Gasteiger charge is 2.04. The summed E-state index contributed by atoms with van der Waals surface area (Å²) in [4.78, 5) is 11.3. The second kappa shape index (κ2) is 5.39. The number of rotatable bonds is 5. The van der Waals surface area contributed by atoms with E-state index in [9.17, 15) is 4.79 Å². The van der Waals surface area contributed by atoms with E-state index >= 15 is 0 Å².